The van der Waals surface area contributed by atoms with Gasteiger partial charge in [-0.25, -0.2) is 0 Å². The molecule has 0 heterocycles. The van der Waals surface area contributed by atoms with Gasteiger partial charge in [0.25, 0.3) is 0 Å². The molecular weight excluding hydrogens is 284 g/mol. The Labute approximate surface area is 117 Å². The van der Waals surface area contributed by atoms with Gasteiger partial charge in [-0.3, -0.25) is 0 Å². The zero-order valence-corrected chi connectivity index (χ0v) is 12.2. The van der Waals surface area contributed by atoms with E-state index in [0.29, 0.717) is 10.7 Å². The van der Waals surface area contributed by atoms with Crippen molar-refractivity contribution < 1.29 is 0 Å². The molecule has 0 spiro atoms. The number of halogens is 1. The summed E-state index contributed by atoms with van der Waals surface area (Å²) in [6.45, 7) is 2.33. The molecule has 0 fully saturated rings. The quantitative estimate of drug-likeness (QED) is 0.594. The van der Waals surface area contributed by atoms with Crippen LogP contribution in [0.5, 0.6) is 0 Å². The highest BCUT2D eigenvalue weighted by atomic mass is 79.9. The lowest BCUT2D eigenvalue weighted by molar-refractivity contribution is 0.587. The van der Waals surface area contributed by atoms with Crippen molar-refractivity contribution in [3.63, 3.8) is 0 Å². The molecule has 0 aromatic heterocycles. The lowest BCUT2D eigenvalue weighted by Crippen LogP contribution is -2.08. The van der Waals surface area contributed by atoms with E-state index in [4.69, 9.17) is 0 Å². The number of hydrogen-bond acceptors (Lipinski definition) is 0. The average Bonchev–Trinajstić information content (AvgIpc) is 2.44. The number of hydrogen-bond donors (Lipinski definition) is 0. The van der Waals surface area contributed by atoms with E-state index in [1.165, 1.54) is 35.1 Å². The van der Waals surface area contributed by atoms with E-state index >= 15 is 0 Å². The summed E-state index contributed by atoms with van der Waals surface area (Å²) in [5, 5.41) is 0. The van der Waals surface area contributed by atoms with Crippen LogP contribution in [0, 0.1) is 0 Å². The number of rotatable bonds is 1. The molecule has 0 saturated carbocycles. The van der Waals surface area contributed by atoms with Crippen LogP contribution in [-0.2, 0) is 0 Å². The van der Waals surface area contributed by atoms with Crippen LogP contribution < -0.4 is 0 Å². The molecule has 0 amide bonds. The molecule has 2 atom stereocenters. The first-order valence-corrected chi connectivity index (χ1v) is 7.50. The summed E-state index contributed by atoms with van der Waals surface area (Å²) in [5.74, 6) is 0.693. The summed E-state index contributed by atoms with van der Waals surface area (Å²) < 4.78 is 0. The smallest absolute Gasteiger partial charge is 0.0398 e. The van der Waals surface area contributed by atoms with Crippen molar-refractivity contribution in [3.05, 3.63) is 59.7 Å². The first-order chi connectivity index (χ1) is 8.75. The Balaban J connectivity index is 2.08. The molecule has 1 heteroatoms. The monoisotopic (exact) mass is 300 g/mol. The van der Waals surface area contributed by atoms with E-state index in [2.05, 4.69) is 71.4 Å². The second-order valence-corrected chi connectivity index (χ2v) is 6.26. The highest BCUT2D eigenvalue weighted by Crippen LogP contribution is 2.43. The second kappa shape index (κ2) is 4.89. The summed E-state index contributed by atoms with van der Waals surface area (Å²) >= 11 is 3.82. The maximum atomic E-state index is 3.82. The molecule has 1 aliphatic carbocycles. The maximum absolute atomic E-state index is 3.82. The molecule has 1 aliphatic rings. The Hall–Kier alpha value is -1.08. The van der Waals surface area contributed by atoms with Crippen LogP contribution in [-0.4, -0.2) is 0 Å². The van der Waals surface area contributed by atoms with Crippen molar-refractivity contribution in [1.29, 1.82) is 0 Å². The third kappa shape index (κ3) is 2.12. The molecule has 0 bridgehead atoms. The summed E-state index contributed by atoms with van der Waals surface area (Å²) in [4.78, 5) is 0.521. The predicted octanol–water partition coefficient (Wildman–Crippen LogP) is 5.69. The number of benzene rings is 2. The van der Waals surface area contributed by atoms with Gasteiger partial charge in [0, 0.05) is 4.83 Å². The van der Waals surface area contributed by atoms with Crippen molar-refractivity contribution in [1.82, 2.24) is 0 Å². The third-order valence-corrected chi connectivity index (χ3v) is 4.87. The fourth-order valence-electron chi connectivity index (χ4n) is 2.81. The van der Waals surface area contributed by atoms with Crippen LogP contribution >= 0.6 is 15.9 Å². The summed E-state index contributed by atoms with van der Waals surface area (Å²) in [6, 6.07) is 17.6. The summed E-state index contributed by atoms with van der Waals surface area (Å²) in [7, 11) is 0. The van der Waals surface area contributed by atoms with Crippen molar-refractivity contribution in [2.24, 2.45) is 0 Å². The number of alkyl halides is 1. The molecule has 2 aromatic rings. The van der Waals surface area contributed by atoms with Gasteiger partial charge in [0.1, 0.15) is 0 Å². The zero-order valence-electron chi connectivity index (χ0n) is 10.6. The Bertz CT molecular complexity index is 545. The second-order valence-electron chi connectivity index (χ2n) is 5.16. The molecule has 2 unspecified atom stereocenters. The molecule has 0 radical (unpaired) electrons. The van der Waals surface area contributed by atoms with E-state index in [0.717, 1.165) is 0 Å². The first-order valence-electron chi connectivity index (χ1n) is 6.59. The van der Waals surface area contributed by atoms with E-state index in [1.807, 2.05) is 0 Å². The molecule has 3 rings (SSSR count). The normalized spacial score (nSPS) is 22.6. The molecule has 0 nitrogen and oxygen atoms in total. The van der Waals surface area contributed by atoms with Gasteiger partial charge in [-0.05, 0) is 47.1 Å². The summed E-state index contributed by atoms with van der Waals surface area (Å²) in [6.07, 6.45) is 2.53. The number of fused-ring (bicyclic) bond motifs is 1. The molecule has 18 heavy (non-hydrogen) atoms. The standard InChI is InChI=1S/C17H17Br/c1-12-7-10-17(18)16-11-14(8-9-15(12)16)13-5-3-2-4-6-13/h2-6,8-9,11-12,17H,7,10H2,1H3. The predicted molar refractivity (Wildman–Crippen MR) is 81.2 cm³/mol. The summed E-state index contributed by atoms with van der Waals surface area (Å²) in [5.41, 5.74) is 5.63. The Morgan fingerprint density at radius 1 is 0.889 bits per heavy atom. The van der Waals surface area contributed by atoms with Gasteiger partial charge in [0.15, 0.2) is 0 Å². The van der Waals surface area contributed by atoms with Crippen molar-refractivity contribution in [2.45, 2.75) is 30.5 Å². The molecular formula is C17H17Br. The Morgan fingerprint density at radius 2 is 1.67 bits per heavy atom. The minimum absolute atomic E-state index is 0.521. The van der Waals surface area contributed by atoms with Crippen molar-refractivity contribution >= 4 is 15.9 Å². The fourth-order valence-corrected chi connectivity index (χ4v) is 3.47. The van der Waals surface area contributed by atoms with Gasteiger partial charge in [0.2, 0.25) is 0 Å². The minimum atomic E-state index is 0.521. The molecule has 0 N–H and O–H groups in total. The van der Waals surface area contributed by atoms with Gasteiger partial charge in [-0.15, -0.1) is 0 Å². The van der Waals surface area contributed by atoms with Crippen LogP contribution in [0.15, 0.2) is 48.5 Å². The van der Waals surface area contributed by atoms with E-state index in [1.54, 1.807) is 0 Å². The zero-order chi connectivity index (χ0) is 12.5. The van der Waals surface area contributed by atoms with Crippen molar-refractivity contribution in [3.8, 4) is 11.1 Å². The molecule has 0 saturated heterocycles. The fraction of sp³-hybridized carbons (Fsp3) is 0.294. The van der Waals surface area contributed by atoms with Gasteiger partial charge in [-0.1, -0.05) is 65.3 Å². The van der Waals surface area contributed by atoms with E-state index in [9.17, 15) is 0 Å². The SMILES string of the molecule is CC1CCC(Br)c2cc(-c3ccccc3)ccc21. The van der Waals surface area contributed by atoms with Crippen LogP contribution in [0.1, 0.15) is 41.6 Å². The lowest BCUT2D eigenvalue weighted by atomic mass is 9.82. The van der Waals surface area contributed by atoms with Gasteiger partial charge in [-0.2, -0.15) is 0 Å². The highest BCUT2D eigenvalue weighted by Gasteiger charge is 2.23. The molecule has 92 valence electrons. The van der Waals surface area contributed by atoms with Crippen LogP contribution in [0.2, 0.25) is 0 Å². The van der Waals surface area contributed by atoms with E-state index < -0.39 is 0 Å². The van der Waals surface area contributed by atoms with Gasteiger partial charge < -0.3 is 0 Å². The molecule has 2 aromatic carbocycles. The molecule has 0 aliphatic heterocycles. The average molecular weight is 301 g/mol. The maximum Gasteiger partial charge on any atom is 0.0398 e. The van der Waals surface area contributed by atoms with Crippen molar-refractivity contribution in [2.75, 3.05) is 0 Å². The highest BCUT2D eigenvalue weighted by molar-refractivity contribution is 9.09. The largest absolute Gasteiger partial charge is 0.0839 e. The van der Waals surface area contributed by atoms with E-state index in [-0.39, 0.29) is 0 Å². The van der Waals surface area contributed by atoms with Gasteiger partial charge >= 0.3 is 0 Å². The minimum Gasteiger partial charge on any atom is -0.0839 e. The first kappa shape index (κ1) is 12.0. The Kier molecular flexibility index (Phi) is 3.25. The van der Waals surface area contributed by atoms with Crippen LogP contribution in [0.4, 0.5) is 0 Å². The third-order valence-electron chi connectivity index (χ3n) is 3.92. The van der Waals surface area contributed by atoms with Crippen LogP contribution in [0.3, 0.4) is 0 Å². The topological polar surface area (TPSA) is 0 Å². The lowest BCUT2D eigenvalue weighted by Gasteiger charge is -2.27. The van der Waals surface area contributed by atoms with Crippen LogP contribution in [0.25, 0.3) is 11.1 Å². The van der Waals surface area contributed by atoms with Gasteiger partial charge in [0.05, 0.1) is 0 Å². The Morgan fingerprint density at radius 3 is 2.44 bits per heavy atom.